The molecule has 0 spiro atoms. The Balaban J connectivity index is 2.04. The summed E-state index contributed by atoms with van der Waals surface area (Å²) in [6, 6.07) is 19.1. The number of anilines is 1. The third-order valence-corrected chi connectivity index (χ3v) is 8.59. The average Bonchev–Trinajstić information content (AvgIpc) is 2.95. The molecule has 1 atom stereocenters. The van der Waals surface area contributed by atoms with Gasteiger partial charge in [-0.3, -0.25) is 13.9 Å². The normalized spacial score (nSPS) is 12.1. The van der Waals surface area contributed by atoms with Crippen LogP contribution in [0.15, 0.2) is 77.7 Å². The second kappa shape index (κ2) is 14.4. The third-order valence-electron chi connectivity index (χ3n) is 6.57. The van der Waals surface area contributed by atoms with E-state index >= 15 is 0 Å². The van der Waals surface area contributed by atoms with Crippen molar-refractivity contribution in [3.05, 3.63) is 88.9 Å². The Morgan fingerprint density at radius 3 is 2.22 bits per heavy atom. The summed E-state index contributed by atoms with van der Waals surface area (Å²) >= 11 is 6.23. The smallest absolute Gasteiger partial charge is 0.264 e. The number of sulfonamides is 1. The molecule has 1 unspecified atom stereocenters. The van der Waals surface area contributed by atoms with Gasteiger partial charge in [0, 0.05) is 18.1 Å². The van der Waals surface area contributed by atoms with E-state index in [9.17, 15) is 18.0 Å². The number of nitrogens with zero attached hydrogens (tertiary/aromatic N) is 2. The van der Waals surface area contributed by atoms with Gasteiger partial charge < -0.3 is 15.0 Å². The number of carbonyl (C=O) groups is 2. The predicted octanol–water partition coefficient (Wildman–Crippen LogP) is 5.43. The van der Waals surface area contributed by atoms with Crippen LogP contribution < -0.4 is 14.4 Å². The molecular formula is C31H38ClN3O5S. The minimum Gasteiger partial charge on any atom is -0.497 e. The van der Waals surface area contributed by atoms with Crippen LogP contribution in [0.4, 0.5) is 5.69 Å². The Bertz CT molecular complexity index is 1430. The number of benzene rings is 3. The van der Waals surface area contributed by atoms with Crippen molar-refractivity contribution in [1.29, 1.82) is 0 Å². The Hall–Kier alpha value is -3.56. The molecule has 3 rings (SSSR count). The van der Waals surface area contributed by atoms with E-state index in [-0.39, 0.29) is 29.0 Å². The van der Waals surface area contributed by atoms with Crippen LogP contribution in [0.2, 0.25) is 5.02 Å². The average molecular weight is 600 g/mol. The van der Waals surface area contributed by atoms with Crippen molar-refractivity contribution in [2.75, 3.05) is 24.5 Å². The minimum absolute atomic E-state index is 0.0410. The molecule has 3 aromatic rings. The largest absolute Gasteiger partial charge is 0.497 e. The van der Waals surface area contributed by atoms with Crippen LogP contribution in [0.1, 0.15) is 38.3 Å². The van der Waals surface area contributed by atoms with Gasteiger partial charge >= 0.3 is 0 Å². The molecule has 3 aromatic carbocycles. The van der Waals surface area contributed by atoms with E-state index in [1.54, 1.807) is 49.6 Å². The SMILES string of the molecule is CCC(C(=O)NCC(C)C)N(Cc1ccc(OC)cc1)C(=O)CN(c1cccc(Cl)c1)S(=O)(=O)c1ccc(C)cc1. The molecule has 0 aliphatic rings. The summed E-state index contributed by atoms with van der Waals surface area (Å²) < 4.78 is 34.1. The molecule has 0 fully saturated rings. The molecule has 8 nitrogen and oxygen atoms in total. The Labute approximate surface area is 248 Å². The van der Waals surface area contributed by atoms with E-state index in [1.807, 2.05) is 39.8 Å². The predicted molar refractivity (Wildman–Crippen MR) is 163 cm³/mol. The zero-order chi connectivity index (χ0) is 30.2. The zero-order valence-corrected chi connectivity index (χ0v) is 25.7. The van der Waals surface area contributed by atoms with E-state index in [1.165, 1.54) is 23.1 Å². The van der Waals surface area contributed by atoms with Crippen molar-refractivity contribution in [2.24, 2.45) is 5.92 Å². The lowest BCUT2D eigenvalue weighted by molar-refractivity contribution is -0.140. The number of hydrogen-bond donors (Lipinski definition) is 1. The number of halogens is 1. The van der Waals surface area contributed by atoms with Crippen molar-refractivity contribution in [2.45, 2.75) is 51.6 Å². The number of amides is 2. The fourth-order valence-corrected chi connectivity index (χ4v) is 5.86. The quantitative estimate of drug-likeness (QED) is 0.283. The standard InChI is InChI=1S/C31H38ClN3O5S/c1-6-29(31(37)33-19-22(2)3)34(20-24-12-14-27(40-5)15-13-24)30(36)21-35(26-9-7-8-25(32)18-26)41(38,39)28-16-10-23(4)11-17-28/h7-18,22,29H,6,19-21H2,1-5H3,(H,33,37). The second-order valence-electron chi connectivity index (χ2n) is 10.2. The lowest BCUT2D eigenvalue weighted by Gasteiger charge is -2.33. The minimum atomic E-state index is -4.16. The molecule has 0 heterocycles. The van der Waals surface area contributed by atoms with Gasteiger partial charge in [0.2, 0.25) is 11.8 Å². The molecule has 0 aliphatic heterocycles. The summed E-state index contributed by atoms with van der Waals surface area (Å²) in [6.45, 7) is 7.69. The van der Waals surface area contributed by atoms with Gasteiger partial charge in [0.15, 0.2) is 0 Å². The first-order valence-electron chi connectivity index (χ1n) is 13.5. The maximum atomic E-state index is 14.1. The number of methoxy groups -OCH3 is 1. The molecule has 0 radical (unpaired) electrons. The molecule has 0 aliphatic carbocycles. The first-order chi connectivity index (χ1) is 19.5. The van der Waals surface area contributed by atoms with Crippen LogP contribution in [-0.2, 0) is 26.2 Å². The molecule has 1 N–H and O–H groups in total. The summed E-state index contributed by atoms with van der Waals surface area (Å²) in [5, 5.41) is 3.25. The fraction of sp³-hybridized carbons (Fsp3) is 0.355. The second-order valence-corrected chi connectivity index (χ2v) is 12.5. The summed E-state index contributed by atoms with van der Waals surface area (Å²) in [4.78, 5) is 28.9. The molecular weight excluding hydrogens is 562 g/mol. The van der Waals surface area contributed by atoms with Gasteiger partial charge in [-0.05, 0) is 67.3 Å². The lowest BCUT2D eigenvalue weighted by Crippen LogP contribution is -2.52. The van der Waals surface area contributed by atoms with Crippen LogP contribution in [0.25, 0.3) is 0 Å². The highest BCUT2D eigenvalue weighted by Crippen LogP contribution is 2.27. The molecule has 2 amide bonds. The number of hydrogen-bond acceptors (Lipinski definition) is 5. The fourth-order valence-electron chi connectivity index (χ4n) is 4.27. The monoisotopic (exact) mass is 599 g/mol. The molecule has 10 heteroatoms. The summed E-state index contributed by atoms with van der Waals surface area (Å²) in [7, 11) is -2.60. The number of rotatable bonds is 13. The van der Waals surface area contributed by atoms with Crippen molar-refractivity contribution in [3.63, 3.8) is 0 Å². The van der Waals surface area contributed by atoms with E-state index in [2.05, 4.69) is 5.32 Å². The molecule has 0 bridgehead atoms. The highest BCUT2D eigenvalue weighted by Gasteiger charge is 2.33. The third kappa shape index (κ3) is 8.47. The van der Waals surface area contributed by atoms with E-state index < -0.39 is 28.5 Å². The number of carbonyl (C=O) groups excluding carboxylic acids is 2. The van der Waals surface area contributed by atoms with Gasteiger partial charge in [-0.25, -0.2) is 8.42 Å². The molecule has 0 saturated carbocycles. The van der Waals surface area contributed by atoms with E-state index in [4.69, 9.17) is 16.3 Å². The van der Waals surface area contributed by atoms with Gasteiger partial charge in [0.25, 0.3) is 10.0 Å². The van der Waals surface area contributed by atoms with Crippen LogP contribution in [0.3, 0.4) is 0 Å². The van der Waals surface area contributed by atoms with E-state index in [0.717, 1.165) is 15.4 Å². The molecule has 41 heavy (non-hydrogen) atoms. The van der Waals surface area contributed by atoms with Crippen molar-refractivity contribution < 1.29 is 22.7 Å². The molecule has 220 valence electrons. The van der Waals surface area contributed by atoms with Crippen molar-refractivity contribution in [1.82, 2.24) is 10.2 Å². The van der Waals surface area contributed by atoms with Crippen molar-refractivity contribution >= 4 is 39.1 Å². The highest BCUT2D eigenvalue weighted by molar-refractivity contribution is 7.92. The van der Waals surface area contributed by atoms with Crippen LogP contribution in [0.5, 0.6) is 5.75 Å². The van der Waals surface area contributed by atoms with Gasteiger partial charge in [-0.2, -0.15) is 0 Å². The first-order valence-corrected chi connectivity index (χ1v) is 15.3. The van der Waals surface area contributed by atoms with Gasteiger partial charge in [-0.1, -0.05) is 68.3 Å². The van der Waals surface area contributed by atoms with Crippen LogP contribution in [0, 0.1) is 12.8 Å². The summed E-state index contributed by atoms with van der Waals surface area (Å²) in [5.74, 6) is 0.0617. The maximum absolute atomic E-state index is 14.1. The Kier molecular flexibility index (Phi) is 11.2. The lowest BCUT2D eigenvalue weighted by atomic mass is 10.1. The van der Waals surface area contributed by atoms with Gasteiger partial charge in [0.05, 0.1) is 17.7 Å². The number of aryl methyl sites for hydroxylation is 1. The molecule has 0 aromatic heterocycles. The molecule has 0 saturated heterocycles. The highest BCUT2D eigenvalue weighted by atomic mass is 35.5. The Morgan fingerprint density at radius 1 is 1.00 bits per heavy atom. The van der Waals surface area contributed by atoms with Gasteiger partial charge in [0.1, 0.15) is 18.3 Å². The van der Waals surface area contributed by atoms with E-state index in [0.29, 0.717) is 23.7 Å². The van der Waals surface area contributed by atoms with Gasteiger partial charge in [-0.15, -0.1) is 0 Å². The zero-order valence-electron chi connectivity index (χ0n) is 24.1. The summed E-state index contributed by atoms with van der Waals surface area (Å²) in [6.07, 6.45) is 0.341. The maximum Gasteiger partial charge on any atom is 0.264 e. The Morgan fingerprint density at radius 2 is 1.66 bits per heavy atom. The topological polar surface area (TPSA) is 96.0 Å². The number of ether oxygens (including phenoxy) is 1. The van der Waals surface area contributed by atoms with Crippen LogP contribution >= 0.6 is 11.6 Å². The van der Waals surface area contributed by atoms with Crippen molar-refractivity contribution in [3.8, 4) is 5.75 Å². The summed E-state index contributed by atoms with van der Waals surface area (Å²) in [5.41, 5.74) is 1.91. The first kappa shape index (κ1) is 32.0. The number of nitrogens with one attached hydrogen (secondary N) is 1. The van der Waals surface area contributed by atoms with Crippen LogP contribution in [-0.4, -0.2) is 51.4 Å².